The molecule has 1 fully saturated rings. The Kier molecular flexibility index (Phi) is 3.83. The molecule has 1 saturated carbocycles. The van der Waals surface area contributed by atoms with Gasteiger partial charge in [0.2, 0.25) is 0 Å². The fraction of sp³-hybridized carbons (Fsp3) is 0.471. The molecule has 3 heterocycles. The van der Waals surface area contributed by atoms with Crippen LogP contribution < -0.4 is 15.9 Å². The molecule has 124 valence electrons. The van der Waals surface area contributed by atoms with E-state index in [0.717, 1.165) is 44.4 Å². The van der Waals surface area contributed by atoms with Gasteiger partial charge >= 0.3 is 0 Å². The van der Waals surface area contributed by atoms with Gasteiger partial charge in [0.1, 0.15) is 17.4 Å². The van der Waals surface area contributed by atoms with E-state index >= 15 is 0 Å². The minimum atomic E-state index is 0.0947. The van der Waals surface area contributed by atoms with Crippen molar-refractivity contribution >= 4 is 50.8 Å². The minimum absolute atomic E-state index is 0.0947. The van der Waals surface area contributed by atoms with E-state index in [9.17, 15) is 4.79 Å². The minimum Gasteiger partial charge on any atom is -0.377 e. The van der Waals surface area contributed by atoms with Gasteiger partial charge in [0, 0.05) is 32.0 Å². The molecule has 0 saturated heterocycles. The summed E-state index contributed by atoms with van der Waals surface area (Å²) in [5.41, 5.74) is 3.10. The van der Waals surface area contributed by atoms with Crippen molar-refractivity contribution < 1.29 is 0 Å². The number of hydrogen-bond donors (Lipinski definition) is 0. The second-order valence-electron chi connectivity index (χ2n) is 6.89. The van der Waals surface area contributed by atoms with Gasteiger partial charge in [-0.15, -0.1) is 11.3 Å². The van der Waals surface area contributed by atoms with Crippen LogP contribution in [0.5, 0.6) is 0 Å². The predicted molar refractivity (Wildman–Crippen MR) is 104 cm³/mol. The Balaban J connectivity index is 1.99. The van der Waals surface area contributed by atoms with Gasteiger partial charge in [0.15, 0.2) is 0 Å². The Morgan fingerprint density at radius 2 is 2.00 bits per heavy atom. The highest BCUT2D eigenvalue weighted by atomic mass is 32.1. The summed E-state index contributed by atoms with van der Waals surface area (Å²) >= 11 is 1.47. The van der Waals surface area contributed by atoms with Gasteiger partial charge in [-0.05, 0) is 18.3 Å². The van der Waals surface area contributed by atoms with Gasteiger partial charge in [0.05, 0.1) is 17.2 Å². The molecule has 1 aliphatic carbocycles. The summed E-state index contributed by atoms with van der Waals surface area (Å²) in [6.45, 7) is 0. The highest BCUT2D eigenvalue weighted by Crippen LogP contribution is 2.35. The lowest BCUT2D eigenvalue weighted by Crippen LogP contribution is -2.26. The number of fused-ring (bicyclic) bond motifs is 3. The Hall–Kier alpha value is -1.89. The van der Waals surface area contributed by atoms with Crippen LogP contribution in [-0.4, -0.2) is 36.5 Å². The number of hydrogen-bond acceptors (Lipinski definition) is 5. The maximum atomic E-state index is 13.1. The van der Waals surface area contributed by atoms with Crippen LogP contribution in [0.3, 0.4) is 0 Å². The monoisotopic (exact) mass is 340 g/mol. The number of pyridine rings is 1. The van der Waals surface area contributed by atoms with Crippen molar-refractivity contribution in [3.8, 4) is 0 Å². The van der Waals surface area contributed by atoms with Crippen molar-refractivity contribution in [1.29, 1.82) is 0 Å². The molecule has 0 atom stereocenters. The third-order valence-electron chi connectivity index (χ3n) is 5.01. The van der Waals surface area contributed by atoms with Crippen molar-refractivity contribution in [3.05, 3.63) is 22.9 Å². The van der Waals surface area contributed by atoms with Crippen LogP contribution in [0, 0.1) is 0 Å². The maximum Gasteiger partial charge on any atom is 0.271 e. The number of rotatable bonds is 2. The largest absolute Gasteiger partial charge is 0.377 e. The Morgan fingerprint density at radius 1 is 1.25 bits per heavy atom. The Labute approximate surface area is 145 Å². The van der Waals surface area contributed by atoms with E-state index in [4.69, 9.17) is 4.98 Å². The van der Waals surface area contributed by atoms with Crippen molar-refractivity contribution in [3.63, 3.8) is 0 Å². The number of nitrogens with zero attached hydrogens (tertiary/aromatic N) is 4. The van der Waals surface area contributed by atoms with Crippen LogP contribution in [0.1, 0.15) is 38.1 Å². The number of aromatic nitrogens is 3. The summed E-state index contributed by atoms with van der Waals surface area (Å²) < 4.78 is 2.60. The quantitative estimate of drug-likeness (QED) is 0.668. The Bertz CT molecular complexity index is 972. The molecule has 3 aromatic rings. The van der Waals surface area contributed by atoms with E-state index in [2.05, 4.69) is 17.7 Å². The zero-order valence-electron chi connectivity index (χ0n) is 14.4. The fourth-order valence-electron chi connectivity index (χ4n) is 3.88. The van der Waals surface area contributed by atoms with Gasteiger partial charge < -0.3 is 4.90 Å². The van der Waals surface area contributed by atoms with Gasteiger partial charge in [-0.2, -0.15) is 0 Å². The highest BCUT2D eigenvalue weighted by molar-refractivity contribution is 7.25. The molecule has 5 nitrogen and oxygen atoms in total. The average Bonchev–Trinajstić information content (AvgIpc) is 2.95. The van der Waals surface area contributed by atoms with E-state index in [1.807, 2.05) is 24.9 Å². The predicted octanol–water partition coefficient (Wildman–Crippen LogP) is 1.84. The molecule has 24 heavy (non-hydrogen) atoms. The first kappa shape index (κ1) is 15.6. The lowest BCUT2D eigenvalue weighted by Gasteiger charge is -2.23. The third kappa shape index (κ3) is 2.33. The van der Waals surface area contributed by atoms with Crippen LogP contribution in [0.2, 0.25) is 0 Å². The van der Waals surface area contributed by atoms with Crippen molar-refractivity contribution in [1.82, 2.24) is 14.5 Å². The first-order valence-corrected chi connectivity index (χ1v) is 9.36. The molecule has 0 radical (unpaired) electrons. The number of thiophene rings is 1. The fourth-order valence-corrected chi connectivity index (χ4v) is 4.92. The van der Waals surface area contributed by atoms with Crippen molar-refractivity contribution in [2.24, 2.45) is 0 Å². The summed E-state index contributed by atoms with van der Waals surface area (Å²) in [6, 6.07) is 0.302. The zero-order chi connectivity index (χ0) is 16.8. The van der Waals surface area contributed by atoms with Gasteiger partial charge in [-0.1, -0.05) is 19.3 Å². The lowest BCUT2D eigenvalue weighted by molar-refractivity contribution is 0.345. The molecular weight excluding hydrogens is 319 g/mol. The van der Waals surface area contributed by atoms with Crippen LogP contribution in [0.25, 0.3) is 20.4 Å². The first-order valence-electron chi connectivity index (χ1n) is 8.54. The summed E-state index contributed by atoms with van der Waals surface area (Å²) in [5.74, 6) is 0. The standard InChI is InChI=1S/C17H21BN4OS/c1-21(2)14-11(18)8-19-16-12(14)13-15(24-16)17(23)22(9-20-13)10-6-4-3-5-7-10/h8-10H,3-7,18H2,1-2H3. The molecule has 1 aliphatic rings. The summed E-state index contributed by atoms with van der Waals surface area (Å²) in [6.07, 6.45) is 9.48. The van der Waals surface area contributed by atoms with Crippen LogP contribution in [0.4, 0.5) is 5.69 Å². The average molecular weight is 340 g/mol. The highest BCUT2D eigenvalue weighted by Gasteiger charge is 2.21. The molecule has 0 spiro atoms. The molecule has 3 aromatic heterocycles. The molecule has 0 bridgehead atoms. The maximum absolute atomic E-state index is 13.1. The summed E-state index contributed by atoms with van der Waals surface area (Å²) in [7, 11) is 6.09. The zero-order valence-corrected chi connectivity index (χ0v) is 15.2. The van der Waals surface area contributed by atoms with E-state index in [1.165, 1.54) is 30.6 Å². The van der Waals surface area contributed by atoms with E-state index in [-0.39, 0.29) is 5.56 Å². The Morgan fingerprint density at radius 3 is 2.71 bits per heavy atom. The molecule has 7 heteroatoms. The molecular formula is C17H21BN4OS. The summed E-state index contributed by atoms with van der Waals surface area (Å²) in [4.78, 5) is 25.3. The van der Waals surface area contributed by atoms with Gasteiger partial charge in [0.25, 0.3) is 5.56 Å². The molecule has 0 unspecified atom stereocenters. The summed E-state index contributed by atoms with van der Waals surface area (Å²) in [5, 5.41) is 1.01. The van der Waals surface area contributed by atoms with E-state index in [0.29, 0.717) is 6.04 Å². The lowest BCUT2D eigenvalue weighted by atomic mass is 9.94. The SMILES string of the molecule is Bc1cnc2sc3c(=O)n(C4CCCCC4)cnc3c2c1N(C)C. The molecule has 0 amide bonds. The van der Waals surface area contributed by atoms with Crippen LogP contribution >= 0.6 is 11.3 Å². The van der Waals surface area contributed by atoms with Crippen molar-refractivity contribution in [2.45, 2.75) is 38.1 Å². The van der Waals surface area contributed by atoms with Crippen molar-refractivity contribution in [2.75, 3.05) is 19.0 Å². The number of anilines is 1. The molecule has 0 aliphatic heterocycles. The third-order valence-corrected chi connectivity index (χ3v) is 6.08. The second kappa shape index (κ2) is 5.88. The normalized spacial score (nSPS) is 16.1. The van der Waals surface area contributed by atoms with Gasteiger partial charge in [-0.3, -0.25) is 9.36 Å². The smallest absolute Gasteiger partial charge is 0.271 e. The molecule has 0 N–H and O–H groups in total. The van der Waals surface area contributed by atoms with Crippen LogP contribution in [-0.2, 0) is 0 Å². The molecule has 0 aromatic carbocycles. The molecule has 4 rings (SSSR count). The van der Waals surface area contributed by atoms with Crippen LogP contribution in [0.15, 0.2) is 17.3 Å². The first-order chi connectivity index (χ1) is 11.6. The second-order valence-corrected chi connectivity index (χ2v) is 7.89. The van der Waals surface area contributed by atoms with E-state index in [1.54, 1.807) is 6.33 Å². The van der Waals surface area contributed by atoms with E-state index < -0.39 is 0 Å². The van der Waals surface area contributed by atoms with Gasteiger partial charge in [-0.25, -0.2) is 9.97 Å². The topological polar surface area (TPSA) is 51.0 Å².